The lowest BCUT2D eigenvalue weighted by molar-refractivity contribution is -0.129. The maximum Gasteiger partial charge on any atom is 0.278 e. The second kappa shape index (κ2) is 6.72. The van der Waals surface area contributed by atoms with Crippen molar-refractivity contribution >= 4 is 40.7 Å². The first-order valence-corrected chi connectivity index (χ1v) is 7.80. The first-order valence-electron chi connectivity index (χ1n) is 7.27. The van der Waals surface area contributed by atoms with E-state index >= 15 is 0 Å². The molecule has 0 aromatic heterocycles. The highest BCUT2D eigenvalue weighted by Gasteiger charge is 2.47. The highest BCUT2D eigenvalue weighted by Crippen LogP contribution is 2.28. The Labute approximate surface area is 143 Å². The number of benzene rings is 2. The number of nitrogens with zero attached hydrogens (tertiary/aromatic N) is 2. The number of halogens is 1. The number of carbonyl (C=O) groups is 3. The maximum atomic E-state index is 12.8. The van der Waals surface area contributed by atoms with Gasteiger partial charge in [0.05, 0.1) is 11.4 Å². The Bertz CT molecular complexity index is 710. The Morgan fingerprint density at radius 3 is 1.67 bits per heavy atom. The Hall–Kier alpha value is -2.86. The minimum atomic E-state index is -1.29. The van der Waals surface area contributed by atoms with Crippen molar-refractivity contribution < 1.29 is 14.4 Å². The summed E-state index contributed by atoms with van der Waals surface area (Å²) in [5, 5.41) is 4.90. The van der Waals surface area contributed by atoms with E-state index in [4.69, 9.17) is 11.6 Å². The molecule has 3 amide bonds. The fourth-order valence-corrected chi connectivity index (χ4v) is 2.57. The minimum Gasteiger partial charge on any atom is -0.335 e. The number of hydrazine groups is 1. The second-order valence-corrected chi connectivity index (χ2v) is 5.37. The van der Waals surface area contributed by atoms with Crippen molar-refractivity contribution in [2.45, 2.75) is 6.04 Å². The lowest BCUT2D eigenvalue weighted by atomic mass is 10.2. The third-order valence-corrected chi connectivity index (χ3v) is 3.78. The average molecular weight is 344 g/mol. The van der Waals surface area contributed by atoms with E-state index in [0.29, 0.717) is 11.4 Å². The van der Waals surface area contributed by atoms with Gasteiger partial charge >= 0.3 is 0 Å². The number of anilines is 2. The summed E-state index contributed by atoms with van der Waals surface area (Å²) in [7, 11) is 0. The molecule has 0 bridgehead atoms. The molecule has 24 heavy (non-hydrogen) atoms. The fourth-order valence-electron chi connectivity index (χ4n) is 2.49. The van der Waals surface area contributed by atoms with Crippen molar-refractivity contribution in [2.75, 3.05) is 15.9 Å². The summed E-state index contributed by atoms with van der Waals surface area (Å²) in [5.74, 6) is -1.97. The smallest absolute Gasteiger partial charge is 0.278 e. The van der Waals surface area contributed by atoms with Crippen molar-refractivity contribution in [3.05, 3.63) is 60.7 Å². The van der Waals surface area contributed by atoms with Crippen LogP contribution in [0.3, 0.4) is 0 Å². The molecular weight excluding hydrogens is 330 g/mol. The highest BCUT2D eigenvalue weighted by atomic mass is 35.5. The van der Waals surface area contributed by atoms with Crippen LogP contribution in [0.4, 0.5) is 11.4 Å². The number of carbonyl (C=O) groups excluding carboxylic acids is 3. The average Bonchev–Trinajstić information content (AvgIpc) is 2.87. The van der Waals surface area contributed by atoms with Crippen LogP contribution in [-0.4, -0.2) is 29.6 Å². The van der Waals surface area contributed by atoms with Gasteiger partial charge in [0.25, 0.3) is 11.8 Å². The molecule has 6 nitrogen and oxygen atoms in total. The lowest BCUT2D eigenvalue weighted by Crippen LogP contribution is -2.45. The molecule has 122 valence electrons. The van der Waals surface area contributed by atoms with Crippen LogP contribution in [0.1, 0.15) is 0 Å². The summed E-state index contributed by atoms with van der Waals surface area (Å²) in [4.78, 5) is 37.1. The largest absolute Gasteiger partial charge is 0.335 e. The molecule has 1 fully saturated rings. The predicted octanol–water partition coefficient (Wildman–Crippen LogP) is 1.70. The molecule has 0 aliphatic carbocycles. The van der Waals surface area contributed by atoms with E-state index in [1.807, 2.05) is 12.1 Å². The van der Waals surface area contributed by atoms with Gasteiger partial charge < -0.3 is 5.32 Å². The zero-order chi connectivity index (χ0) is 17.1. The summed E-state index contributed by atoms with van der Waals surface area (Å²) in [6.07, 6.45) is 0. The normalized spacial score (nSPS) is 15.0. The number of amides is 3. The molecule has 1 heterocycles. The quantitative estimate of drug-likeness (QED) is 0.678. The molecule has 0 unspecified atom stereocenters. The van der Waals surface area contributed by atoms with Gasteiger partial charge in [0, 0.05) is 0 Å². The monoisotopic (exact) mass is 343 g/mol. The Morgan fingerprint density at radius 2 is 1.29 bits per heavy atom. The summed E-state index contributed by atoms with van der Waals surface area (Å²) in [5.41, 5.74) is 1.06. The molecule has 2 aromatic carbocycles. The van der Waals surface area contributed by atoms with Crippen molar-refractivity contribution in [3.8, 4) is 0 Å². The molecular formula is C17H14ClN3O3. The van der Waals surface area contributed by atoms with Crippen LogP contribution < -0.4 is 15.3 Å². The number of para-hydroxylation sites is 2. The van der Waals surface area contributed by atoms with E-state index < -0.39 is 23.8 Å². The first-order chi connectivity index (χ1) is 11.6. The predicted molar refractivity (Wildman–Crippen MR) is 90.5 cm³/mol. The molecule has 7 heteroatoms. The van der Waals surface area contributed by atoms with Gasteiger partial charge in [-0.2, -0.15) is 0 Å². The molecule has 2 aromatic rings. The molecule has 1 aliphatic rings. The number of nitrogens with one attached hydrogen (secondary N) is 1. The van der Waals surface area contributed by atoms with E-state index in [2.05, 4.69) is 5.32 Å². The number of rotatable bonds is 4. The lowest BCUT2D eigenvalue weighted by Gasteiger charge is -2.27. The second-order valence-electron chi connectivity index (χ2n) is 5.11. The Kier molecular flexibility index (Phi) is 4.48. The Morgan fingerprint density at radius 1 is 0.875 bits per heavy atom. The minimum absolute atomic E-state index is 0.326. The molecule has 1 N–H and O–H groups in total. The third kappa shape index (κ3) is 2.83. The van der Waals surface area contributed by atoms with Gasteiger partial charge in [-0.1, -0.05) is 36.4 Å². The maximum absolute atomic E-state index is 12.8. The van der Waals surface area contributed by atoms with Crippen molar-refractivity contribution in [1.29, 1.82) is 0 Å². The van der Waals surface area contributed by atoms with E-state index in [0.717, 1.165) is 0 Å². The van der Waals surface area contributed by atoms with Crippen LogP contribution in [0.2, 0.25) is 0 Å². The van der Waals surface area contributed by atoms with Crippen molar-refractivity contribution in [1.82, 2.24) is 5.32 Å². The number of hydrogen-bond donors (Lipinski definition) is 1. The molecule has 1 aliphatic heterocycles. The summed E-state index contributed by atoms with van der Waals surface area (Å²) >= 11 is 5.47. The van der Waals surface area contributed by atoms with Gasteiger partial charge in [-0.15, -0.1) is 11.6 Å². The molecule has 0 radical (unpaired) electrons. The van der Waals surface area contributed by atoms with E-state index in [9.17, 15) is 14.4 Å². The first kappa shape index (κ1) is 16.0. The van der Waals surface area contributed by atoms with Crippen LogP contribution in [0.15, 0.2) is 60.7 Å². The van der Waals surface area contributed by atoms with Gasteiger partial charge in [-0.3, -0.25) is 14.4 Å². The molecule has 3 rings (SSSR count). The van der Waals surface area contributed by atoms with Gasteiger partial charge in [0.15, 0.2) is 6.04 Å². The number of hydrogen-bond acceptors (Lipinski definition) is 3. The standard InChI is InChI=1S/C17H14ClN3O3/c18-11-14(22)19-15-16(23)20(12-7-3-1-4-8-12)21(17(15)24)13-9-5-2-6-10-13/h1-10,15H,11H2,(H,19,22). The topological polar surface area (TPSA) is 69.7 Å². The third-order valence-electron chi connectivity index (χ3n) is 3.54. The van der Waals surface area contributed by atoms with E-state index in [1.54, 1.807) is 48.5 Å². The molecule has 0 atom stereocenters. The van der Waals surface area contributed by atoms with Gasteiger partial charge in [-0.25, -0.2) is 10.0 Å². The number of alkyl halides is 1. The highest BCUT2D eigenvalue weighted by molar-refractivity contribution is 6.30. The summed E-state index contributed by atoms with van der Waals surface area (Å²) in [6.45, 7) is 0. The van der Waals surface area contributed by atoms with Gasteiger partial charge in [0.2, 0.25) is 5.91 Å². The zero-order valence-electron chi connectivity index (χ0n) is 12.6. The van der Waals surface area contributed by atoms with Gasteiger partial charge in [0.1, 0.15) is 5.88 Å². The van der Waals surface area contributed by atoms with Crippen LogP contribution >= 0.6 is 11.6 Å². The van der Waals surface area contributed by atoms with Gasteiger partial charge in [-0.05, 0) is 24.3 Å². The van der Waals surface area contributed by atoms with Crippen LogP contribution in [-0.2, 0) is 14.4 Å². The molecule has 0 saturated carbocycles. The van der Waals surface area contributed by atoms with E-state index in [-0.39, 0.29) is 5.88 Å². The zero-order valence-corrected chi connectivity index (χ0v) is 13.3. The van der Waals surface area contributed by atoms with Crippen LogP contribution in [0, 0.1) is 0 Å². The SMILES string of the molecule is O=C(CCl)NC1C(=O)N(c2ccccc2)N(c2ccccc2)C1=O. The summed E-state index contributed by atoms with van der Waals surface area (Å²) < 4.78 is 0. The van der Waals surface area contributed by atoms with Crippen molar-refractivity contribution in [2.24, 2.45) is 0 Å². The summed E-state index contributed by atoms with van der Waals surface area (Å²) in [6, 6.07) is 16.2. The molecule has 1 saturated heterocycles. The molecule has 0 spiro atoms. The van der Waals surface area contributed by atoms with Crippen LogP contribution in [0.5, 0.6) is 0 Å². The van der Waals surface area contributed by atoms with E-state index in [1.165, 1.54) is 10.0 Å². The van der Waals surface area contributed by atoms with Crippen LogP contribution in [0.25, 0.3) is 0 Å². The Balaban J connectivity index is 2.04. The fraction of sp³-hybridized carbons (Fsp3) is 0.118. The van der Waals surface area contributed by atoms with Crippen molar-refractivity contribution in [3.63, 3.8) is 0 Å².